The quantitative estimate of drug-likeness (QED) is 0.761. The highest BCUT2D eigenvalue weighted by Crippen LogP contribution is 2.13. The van der Waals surface area contributed by atoms with E-state index in [-0.39, 0.29) is 0 Å². The van der Waals surface area contributed by atoms with Crippen LogP contribution in [0.4, 0.5) is 0 Å². The minimum atomic E-state index is 0.353. The van der Waals surface area contributed by atoms with E-state index in [2.05, 4.69) is 16.8 Å². The molecule has 2 unspecified atom stereocenters. The minimum Gasteiger partial charge on any atom is -0.362 e. The summed E-state index contributed by atoms with van der Waals surface area (Å²) in [5, 5.41) is 0. The highest BCUT2D eigenvalue weighted by atomic mass is 16.5. The number of hydrogen-bond acceptors (Lipinski definition) is 4. The van der Waals surface area contributed by atoms with Gasteiger partial charge in [-0.1, -0.05) is 0 Å². The average molecular weight is 227 g/mol. The van der Waals surface area contributed by atoms with Gasteiger partial charge in [0.1, 0.15) is 0 Å². The maximum atomic E-state index is 5.97. The van der Waals surface area contributed by atoms with Crippen molar-refractivity contribution in [2.75, 3.05) is 40.0 Å². The van der Waals surface area contributed by atoms with Crippen molar-refractivity contribution in [2.45, 2.75) is 37.8 Å². The van der Waals surface area contributed by atoms with Gasteiger partial charge in [0.15, 0.2) is 0 Å². The molecule has 2 aliphatic rings. The Morgan fingerprint density at radius 1 is 1.19 bits per heavy atom. The summed E-state index contributed by atoms with van der Waals surface area (Å²) in [6, 6.07) is 0.353. The Kier molecular flexibility index (Phi) is 4.58. The summed E-state index contributed by atoms with van der Waals surface area (Å²) in [5.41, 5.74) is 5.95. The van der Waals surface area contributed by atoms with Crippen LogP contribution in [0.2, 0.25) is 0 Å². The molecule has 94 valence electrons. The van der Waals surface area contributed by atoms with Crippen molar-refractivity contribution >= 4 is 0 Å². The van der Waals surface area contributed by atoms with E-state index >= 15 is 0 Å². The smallest absolute Gasteiger partial charge is 0.0995 e. The predicted octanol–water partition coefficient (Wildman–Crippen LogP) is 0.478. The van der Waals surface area contributed by atoms with E-state index in [1.165, 1.54) is 32.2 Å². The minimum absolute atomic E-state index is 0.353. The molecular formula is C12H25N3O. The molecule has 0 radical (unpaired) electrons. The fraction of sp³-hybridized carbons (Fsp3) is 1.00. The zero-order valence-corrected chi connectivity index (χ0v) is 10.4. The maximum Gasteiger partial charge on any atom is 0.0995 e. The number of nitrogens with zero attached hydrogens (tertiary/aromatic N) is 2. The Morgan fingerprint density at radius 2 is 2.00 bits per heavy atom. The summed E-state index contributed by atoms with van der Waals surface area (Å²) in [5.74, 6) is 0. The van der Waals surface area contributed by atoms with E-state index in [9.17, 15) is 0 Å². The van der Waals surface area contributed by atoms with Crippen molar-refractivity contribution in [1.29, 1.82) is 0 Å². The Labute approximate surface area is 98.7 Å². The average Bonchev–Trinajstić information content (AvgIpc) is 2.27. The molecule has 0 aliphatic carbocycles. The third kappa shape index (κ3) is 3.70. The van der Waals surface area contributed by atoms with Gasteiger partial charge in [-0.05, 0) is 39.3 Å². The Balaban J connectivity index is 1.66. The maximum absolute atomic E-state index is 5.97. The van der Waals surface area contributed by atoms with Crippen molar-refractivity contribution in [2.24, 2.45) is 5.73 Å². The van der Waals surface area contributed by atoms with Gasteiger partial charge in [-0.25, -0.2) is 0 Å². The number of nitrogens with two attached hydrogens (primary N) is 1. The molecule has 2 aliphatic heterocycles. The van der Waals surface area contributed by atoms with Crippen molar-refractivity contribution < 1.29 is 4.74 Å². The van der Waals surface area contributed by atoms with E-state index in [0.29, 0.717) is 12.1 Å². The summed E-state index contributed by atoms with van der Waals surface area (Å²) in [4.78, 5) is 4.71. The second kappa shape index (κ2) is 5.96. The molecule has 4 heteroatoms. The molecule has 2 N–H and O–H groups in total. The van der Waals surface area contributed by atoms with Crippen LogP contribution in [0, 0.1) is 0 Å². The molecule has 0 bridgehead atoms. The van der Waals surface area contributed by atoms with Crippen LogP contribution in [0.5, 0.6) is 0 Å². The lowest BCUT2D eigenvalue weighted by molar-refractivity contribution is -0.0550. The van der Waals surface area contributed by atoms with Crippen molar-refractivity contribution in [3.63, 3.8) is 0 Å². The third-order valence-corrected chi connectivity index (χ3v) is 3.62. The van der Waals surface area contributed by atoms with Crippen LogP contribution in [0.15, 0.2) is 0 Å². The zero-order chi connectivity index (χ0) is 11.4. The lowest BCUT2D eigenvalue weighted by Gasteiger charge is -2.34. The van der Waals surface area contributed by atoms with E-state index in [1.54, 1.807) is 0 Å². The summed E-state index contributed by atoms with van der Waals surface area (Å²) in [6.45, 7) is 5.22. The molecular weight excluding hydrogens is 202 g/mol. The second-order valence-corrected chi connectivity index (χ2v) is 5.30. The molecule has 0 aromatic carbocycles. The van der Waals surface area contributed by atoms with Crippen molar-refractivity contribution in [1.82, 2.24) is 9.80 Å². The molecule has 0 spiro atoms. The lowest BCUT2D eigenvalue weighted by atomic mass is 10.1. The molecule has 0 aromatic rings. The molecule has 2 fully saturated rings. The molecule has 0 saturated carbocycles. The van der Waals surface area contributed by atoms with Crippen LogP contribution >= 0.6 is 0 Å². The normalized spacial score (nSPS) is 34.1. The van der Waals surface area contributed by atoms with Crippen molar-refractivity contribution in [3.05, 3.63) is 0 Å². The molecule has 2 atom stereocenters. The molecule has 2 heterocycles. The van der Waals surface area contributed by atoms with Crippen LogP contribution < -0.4 is 5.73 Å². The first-order valence-electron chi connectivity index (χ1n) is 6.52. The van der Waals surface area contributed by atoms with Crippen LogP contribution in [-0.2, 0) is 4.74 Å². The predicted molar refractivity (Wildman–Crippen MR) is 65.3 cm³/mol. The zero-order valence-electron chi connectivity index (χ0n) is 10.4. The Morgan fingerprint density at radius 3 is 2.75 bits per heavy atom. The van der Waals surface area contributed by atoms with Crippen LogP contribution in [0.25, 0.3) is 0 Å². The standard InChI is InChI=1S/C12H25N3O/c1-14-6-3-5-12(9-14)16-10-15-7-2-4-11(13)8-15/h11-12H,2-10,13H2,1H3. The number of rotatable bonds is 3. The van der Waals surface area contributed by atoms with E-state index in [1.807, 2.05) is 0 Å². The third-order valence-electron chi connectivity index (χ3n) is 3.62. The number of hydrogen-bond donors (Lipinski definition) is 1. The number of likely N-dealkylation sites (tertiary alicyclic amines) is 2. The SMILES string of the molecule is CN1CCCC(OCN2CCCC(N)C2)C1. The van der Waals surface area contributed by atoms with Crippen LogP contribution in [0.1, 0.15) is 25.7 Å². The Hall–Kier alpha value is -0.160. The molecule has 16 heavy (non-hydrogen) atoms. The fourth-order valence-electron chi connectivity index (χ4n) is 2.67. The van der Waals surface area contributed by atoms with Gasteiger partial charge in [0, 0.05) is 25.7 Å². The van der Waals surface area contributed by atoms with Gasteiger partial charge in [0.05, 0.1) is 12.8 Å². The van der Waals surface area contributed by atoms with Crippen molar-refractivity contribution in [3.8, 4) is 0 Å². The number of piperidine rings is 2. The molecule has 0 aromatic heterocycles. The van der Waals surface area contributed by atoms with Gasteiger partial charge < -0.3 is 15.4 Å². The first-order valence-corrected chi connectivity index (χ1v) is 6.52. The van der Waals surface area contributed by atoms with Crippen LogP contribution in [0.3, 0.4) is 0 Å². The van der Waals surface area contributed by atoms with Gasteiger partial charge in [-0.15, -0.1) is 0 Å². The molecule has 4 nitrogen and oxygen atoms in total. The first kappa shape index (κ1) is 12.3. The molecule has 0 amide bonds. The van der Waals surface area contributed by atoms with Gasteiger partial charge in [0.2, 0.25) is 0 Å². The van der Waals surface area contributed by atoms with Crippen LogP contribution in [-0.4, -0.2) is 61.9 Å². The largest absolute Gasteiger partial charge is 0.362 e. The fourth-order valence-corrected chi connectivity index (χ4v) is 2.67. The highest BCUT2D eigenvalue weighted by Gasteiger charge is 2.20. The topological polar surface area (TPSA) is 41.7 Å². The summed E-state index contributed by atoms with van der Waals surface area (Å²) >= 11 is 0. The first-order chi connectivity index (χ1) is 7.74. The van der Waals surface area contributed by atoms with E-state index in [0.717, 1.165) is 26.4 Å². The Bertz CT molecular complexity index is 190. The lowest BCUT2D eigenvalue weighted by Crippen LogP contribution is -2.45. The van der Waals surface area contributed by atoms with E-state index in [4.69, 9.17) is 10.5 Å². The second-order valence-electron chi connectivity index (χ2n) is 5.30. The van der Waals surface area contributed by atoms with Gasteiger partial charge >= 0.3 is 0 Å². The number of ether oxygens (including phenoxy) is 1. The highest BCUT2D eigenvalue weighted by molar-refractivity contribution is 4.74. The summed E-state index contributed by atoms with van der Waals surface area (Å²) < 4.78 is 5.97. The molecule has 2 saturated heterocycles. The molecule has 2 rings (SSSR count). The summed E-state index contributed by atoms with van der Waals surface area (Å²) in [7, 11) is 2.17. The monoisotopic (exact) mass is 227 g/mol. The summed E-state index contributed by atoms with van der Waals surface area (Å²) in [6.07, 6.45) is 5.29. The van der Waals surface area contributed by atoms with E-state index < -0.39 is 0 Å². The van der Waals surface area contributed by atoms with Gasteiger partial charge in [0.25, 0.3) is 0 Å². The van der Waals surface area contributed by atoms with Gasteiger partial charge in [-0.2, -0.15) is 0 Å². The van der Waals surface area contributed by atoms with Gasteiger partial charge in [-0.3, -0.25) is 4.90 Å². The number of likely N-dealkylation sites (N-methyl/N-ethyl adjacent to an activating group) is 1.